The number of rotatable bonds is 6. The van der Waals surface area contributed by atoms with Crippen LogP contribution in [0.25, 0.3) is 21.9 Å². The Morgan fingerprint density at radius 3 is 2.48 bits per heavy atom. The van der Waals surface area contributed by atoms with Gasteiger partial charge in [-0.15, -0.1) is 0 Å². The smallest absolute Gasteiger partial charge is 0.251 e. The Kier molecular flexibility index (Phi) is 4.30. The van der Waals surface area contributed by atoms with Gasteiger partial charge < -0.3 is 10.5 Å². The van der Waals surface area contributed by atoms with Crippen molar-refractivity contribution in [1.82, 2.24) is 0 Å². The molecule has 1 saturated carbocycles. The van der Waals surface area contributed by atoms with Crippen molar-refractivity contribution in [1.29, 1.82) is 0 Å². The number of fused-ring (bicyclic) bond motifs is 1. The summed E-state index contributed by atoms with van der Waals surface area (Å²) in [4.78, 5) is 11.3. The van der Waals surface area contributed by atoms with Crippen molar-refractivity contribution in [2.24, 2.45) is 11.7 Å². The Morgan fingerprint density at radius 2 is 1.81 bits per heavy atom. The molecule has 5 heteroatoms. The van der Waals surface area contributed by atoms with Crippen LogP contribution in [0.15, 0.2) is 60.7 Å². The van der Waals surface area contributed by atoms with E-state index in [9.17, 15) is 13.6 Å². The zero-order valence-corrected chi connectivity index (χ0v) is 14.6. The SMILES string of the molecule is NC(=O)c1ccc(-c2cc(OCCC3CC3(F)F)cc3ccccc23)cc1. The molecule has 1 aliphatic carbocycles. The molecule has 1 atom stereocenters. The topological polar surface area (TPSA) is 52.3 Å². The standard InChI is InChI=1S/C22H19F2NO2/c23-22(24)13-17(22)9-10-27-18-11-16-3-1-2-4-19(16)20(12-18)14-5-7-15(8-6-14)21(25)26/h1-8,11-12,17H,9-10,13H2,(H2,25,26). The molecule has 3 aromatic rings. The first-order valence-corrected chi connectivity index (χ1v) is 8.88. The van der Waals surface area contributed by atoms with Crippen molar-refractivity contribution in [3.05, 3.63) is 66.2 Å². The highest BCUT2D eigenvalue weighted by molar-refractivity contribution is 5.99. The van der Waals surface area contributed by atoms with Crippen molar-refractivity contribution >= 4 is 16.7 Å². The van der Waals surface area contributed by atoms with Gasteiger partial charge in [0, 0.05) is 17.9 Å². The van der Waals surface area contributed by atoms with Crippen LogP contribution in [0.1, 0.15) is 23.2 Å². The molecular weight excluding hydrogens is 348 g/mol. The van der Waals surface area contributed by atoms with E-state index in [0.717, 1.165) is 21.9 Å². The second kappa shape index (κ2) is 6.65. The maximum Gasteiger partial charge on any atom is 0.251 e. The lowest BCUT2D eigenvalue weighted by Crippen LogP contribution is -2.10. The average Bonchev–Trinajstić information content (AvgIpc) is 3.27. The number of hydrogen-bond donors (Lipinski definition) is 1. The maximum absolute atomic E-state index is 13.0. The summed E-state index contributed by atoms with van der Waals surface area (Å²) >= 11 is 0. The summed E-state index contributed by atoms with van der Waals surface area (Å²) in [6, 6.07) is 18.8. The highest BCUT2D eigenvalue weighted by Crippen LogP contribution is 2.50. The van der Waals surface area contributed by atoms with Gasteiger partial charge in [-0.05, 0) is 52.6 Å². The van der Waals surface area contributed by atoms with E-state index in [-0.39, 0.29) is 13.0 Å². The van der Waals surface area contributed by atoms with Crippen LogP contribution in [0, 0.1) is 5.92 Å². The number of primary amides is 1. The molecule has 3 aromatic carbocycles. The number of carbonyl (C=O) groups excluding carboxylic acids is 1. The van der Waals surface area contributed by atoms with Gasteiger partial charge in [0.25, 0.3) is 5.92 Å². The van der Waals surface area contributed by atoms with Gasteiger partial charge >= 0.3 is 0 Å². The van der Waals surface area contributed by atoms with E-state index in [4.69, 9.17) is 10.5 Å². The molecule has 27 heavy (non-hydrogen) atoms. The summed E-state index contributed by atoms with van der Waals surface area (Å²) in [5.41, 5.74) is 7.63. The molecule has 0 spiro atoms. The van der Waals surface area contributed by atoms with Gasteiger partial charge in [-0.1, -0.05) is 36.4 Å². The second-order valence-corrected chi connectivity index (χ2v) is 6.93. The Morgan fingerprint density at radius 1 is 1.11 bits per heavy atom. The number of benzene rings is 3. The Hall–Kier alpha value is -2.95. The lowest BCUT2D eigenvalue weighted by molar-refractivity contribution is 0.0929. The third kappa shape index (κ3) is 3.63. The van der Waals surface area contributed by atoms with E-state index in [0.29, 0.717) is 17.7 Å². The van der Waals surface area contributed by atoms with E-state index in [1.165, 1.54) is 0 Å². The predicted molar refractivity (Wildman–Crippen MR) is 101 cm³/mol. The number of amides is 1. The number of ether oxygens (including phenoxy) is 1. The van der Waals surface area contributed by atoms with Crippen LogP contribution in [0.4, 0.5) is 8.78 Å². The van der Waals surface area contributed by atoms with E-state index in [1.807, 2.05) is 48.5 Å². The second-order valence-electron chi connectivity index (χ2n) is 6.93. The number of carbonyl (C=O) groups is 1. The quantitative estimate of drug-likeness (QED) is 0.664. The molecule has 0 aliphatic heterocycles. The zero-order valence-electron chi connectivity index (χ0n) is 14.6. The van der Waals surface area contributed by atoms with Crippen LogP contribution in [-0.4, -0.2) is 18.4 Å². The van der Waals surface area contributed by atoms with Gasteiger partial charge in [-0.3, -0.25) is 4.79 Å². The molecular formula is C22H19F2NO2. The highest BCUT2D eigenvalue weighted by atomic mass is 19.3. The molecule has 1 amide bonds. The Labute approximate surface area is 155 Å². The predicted octanol–water partition coefficient (Wildman–Crippen LogP) is 5.03. The van der Waals surface area contributed by atoms with Crippen LogP contribution < -0.4 is 10.5 Å². The summed E-state index contributed by atoms with van der Waals surface area (Å²) in [5, 5.41) is 2.05. The molecule has 0 heterocycles. The number of hydrogen-bond acceptors (Lipinski definition) is 2. The van der Waals surface area contributed by atoms with E-state index >= 15 is 0 Å². The first-order chi connectivity index (χ1) is 12.9. The normalized spacial score (nSPS) is 17.6. The Balaban J connectivity index is 1.63. The molecule has 1 unspecified atom stereocenters. The van der Waals surface area contributed by atoms with Gasteiger partial charge in [-0.2, -0.15) is 0 Å². The van der Waals surface area contributed by atoms with E-state index in [2.05, 4.69) is 0 Å². The lowest BCUT2D eigenvalue weighted by Gasteiger charge is -2.12. The van der Waals surface area contributed by atoms with Gasteiger partial charge in [0.15, 0.2) is 0 Å². The minimum atomic E-state index is -2.51. The first-order valence-electron chi connectivity index (χ1n) is 8.88. The summed E-state index contributed by atoms with van der Waals surface area (Å²) < 4.78 is 31.8. The summed E-state index contributed by atoms with van der Waals surface area (Å²) in [6.07, 6.45) is 0.314. The average molecular weight is 367 g/mol. The molecule has 0 saturated heterocycles. The molecule has 0 aromatic heterocycles. The van der Waals surface area contributed by atoms with E-state index < -0.39 is 17.7 Å². The van der Waals surface area contributed by atoms with Gasteiger partial charge in [0.1, 0.15) is 5.75 Å². The van der Waals surface area contributed by atoms with Crippen LogP contribution in [0.2, 0.25) is 0 Å². The molecule has 138 valence electrons. The molecule has 0 bridgehead atoms. The monoisotopic (exact) mass is 367 g/mol. The largest absolute Gasteiger partial charge is 0.494 e. The molecule has 0 radical (unpaired) electrons. The summed E-state index contributed by atoms with van der Waals surface area (Å²) in [6.45, 7) is 0.263. The van der Waals surface area contributed by atoms with Crippen LogP contribution >= 0.6 is 0 Å². The fraction of sp³-hybridized carbons (Fsp3) is 0.227. The zero-order chi connectivity index (χ0) is 19.0. The van der Waals surface area contributed by atoms with Crippen LogP contribution in [0.5, 0.6) is 5.75 Å². The minimum Gasteiger partial charge on any atom is -0.494 e. The first kappa shape index (κ1) is 17.5. The van der Waals surface area contributed by atoms with E-state index in [1.54, 1.807) is 12.1 Å². The summed E-state index contributed by atoms with van der Waals surface area (Å²) in [5.74, 6) is -2.90. The summed E-state index contributed by atoms with van der Waals surface area (Å²) in [7, 11) is 0. The fourth-order valence-electron chi connectivity index (χ4n) is 3.32. The van der Waals surface area contributed by atoms with Crippen molar-refractivity contribution in [2.75, 3.05) is 6.61 Å². The van der Waals surface area contributed by atoms with Crippen molar-refractivity contribution in [3.63, 3.8) is 0 Å². The van der Waals surface area contributed by atoms with Crippen LogP contribution in [-0.2, 0) is 0 Å². The molecule has 1 aliphatic rings. The maximum atomic E-state index is 13.0. The minimum absolute atomic E-state index is 0.0362. The van der Waals surface area contributed by atoms with Crippen LogP contribution in [0.3, 0.4) is 0 Å². The molecule has 2 N–H and O–H groups in total. The van der Waals surface area contributed by atoms with Crippen molar-refractivity contribution in [2.45, 2.75) is 18.8 Å². The fourth-order valence-corrected chi connectivity index (χ4v) is 3.32. The third-order valence-corrected chi connectivity index (χ3v) is 5.01. The molecule has 1 fully saturated rings. The highest BCUT2D eigenvalue weighted by Gasteiger charge is 2.56. The van der Waals surface area contributed by atoms with Gasteiger partial charge in [0.05, 0.1) is 6.61 Å². The van der Waals surface area contributed by atoms with Crippen molar-refractivity contribution in [3.8, 4) is 16.9 Å². The molecule has 4 rings (SSSR count). The van der Waals surface area contributed by atoms with Gasteiger partial charge in [-0.25, -0.2) is 8.78 Å². The number of halogens is 2. The number of alkyl halides is 2. The molecule has 3 nitrogen and oxygen atoms in total. The third-order valence-electron chi connectivity index (χ3n) is 5.01. The van der Waals surface area contributed by atoms with Gasteiger partial charge in [0.2, 0.25) is 5.91 Å². The van der Waals surface area contributed by atoms with Crippen molar-refractivity contribution < 1.29 is 18.3 Å². The lowest BCUT2D eigenvalue weighted by atomic mass is 9.97. The Bertz CT molecular complexity index is 999. The number of nitrogens with two attached hydrogens (primary N) is 1.